The van der Waals surface area contributed by atoms with E-state index in [2.05, 4.69) is 5.32 Å². The van der Waals surface area contributed by atoms with Crippen molar-refractivity contribution in [2.75, 3.05) is 32.2 Å². The van der Waals surface area contributed by atoms with E-state index in [1.165, 1.54) is 4.90 Å². The Balaban J connectivity index is 1.57. The Kier molecular flexibility index (Phi) is 6.35. The Morgan fingerprint density at radius 3 is 2.42 bits per heavy atom. The van der Waals surface area contributed by atoms with Crippen LogP contribution in [0.15, 0.2) is 59.8 Å². The Labute approximate surface area is 192 Å². The van der Waals surface area contributed by atoms with Gasteiger partial charge in [-0.3, -0.25) is 9.69 Å². The molecule has 1 atom stereocenters. The van der Waals surface area contributed by atoms with Crippen LogP contribution in [0.4, 0.5) is 10.5 Å². The van der Waals surface area contributed by atoms with Crippen molar-refractivity contribution in [2.24, 2.45) is 0 Å². The number of rotatable bonds is 7. The Hall–Kier alpha value is -3.81. The van der Waals surface area contributed by atoms with E-state index < -0.39 is 6.04 Å². The average molecular weight is 450 g/mol. The molecule has 8 heteroatoms. The molecule has 172 valence electrons. The van der Waals surface area contributed by atoms with Gasteiger partial charge in [0, 0.05) is 12.7 Å². The first-order valence-electron chi connectivity index (χ1n) is 10.9. The van der Waals surface area contributed by atoms with E-state index in [-0.39, 0.29) is 24.5 Å². The monoisotopic (exact) mass is 449 g/mol. The van der Waals surface area contributed by atoms with Crippen molar-refractivity contribution in [3.05, 3.63) is 70.9 Å². The molecular weight excluding hydrogens is 422 g/mol. The zero-order valence-corrected chi connectivity index (χ0v) is 19.0. The molecule has 8 nitrogen and oxygen atoms in total. The van der Waals surface area contributed by atoms with Crippen LogP contribution in [0.25, 0.3) is 0 Å². The molecule has 2 aliphatic rings. The number of hydrogen-bond acceptors (Lipinski definition) is 5. The van der Waals surface area contributed by atoms with E-state index >= 15 is 0 Å². The zero-order chi connectivity index (χ0) is 23.5. The molecule has 33 heavy (non-hydrogen) atoms. The van der Waals surface area contributed by atoms with Crippen molar-refractivity contribution in [2.45, 2.75) is 25.8 Å². The number of anilines is 1. The van der Waals surface area contributed by atoms with Crippen molar-refractivity contribution in [1.29, 1.82) is 0 Å². The second-order valence-electron chi connectivity index (χ2n) is 8.00. The standard InChI is InChI=1S/C25H27N3O5/c1-4-5-14-33-24(30)17-6-10-18(11-7-17)28-15-20-21(23(28)29)22(26-25(31)27(20)2)16-8-12-19(32-3)13-9-16/h6-13,22H,4-5,14-15H2,1-3H3,(H,26,31)/t22-/m1/s1. The molecule has 2 aliphatic heterocycles. The third kappa shape index (κ3) is 4.28. The lowest BCUT2D eigenvalue weighted by Gasteiger charge is -2.31. The summed E-state index contributed by atoms with van der Waals surface area (Å²) in [4.78, 5) is 41.3. The van der Waals surface area contributed by atoms with Gasteiger partial charge in [0.1, 0.15) is 5.75 Å². The summed E-state index contributed by atoms with van der Waals surface area (Å²) in [5, 5.41) is 2.92. The van der Waals surface area contributed by atoms with Crippen molar-refractivity contribution in [3.8, 4) is 5.75 Å². The van der Waals surface area contributed by atoms with Gasteiger partial charge in [0.25, 0.3) is 5.91 Å². The summed E-state index contributed by atoms with van der Waals surface area (Å²) in [5.74, 6) is 0.130. The summed E-state index contributed by atoms with van der Waals surface area (Å²) in [5.41, 5.74) is 3.07. The lowest BCUT2D eigenvalue weighted by molar-refractivity contribution is -0.114. The van der Waals surface area contributed by atoms with Gasteiger partial charge >= 0.3 is 12.0 Å². The van der Waals surface area contributed by atoms with Crippen LogP contribution < -0.4 is 15.0 Å². The SMILES string of the molecule is CCCCOC(=O)c1ccc(N2CC3=C(C2=O)[C@@H](c2ccc(OC)cc2)NC(=O)N3C)cc1. The number of unbranched alkanes of at least 4 members (excludes halogenated alkanes) is 1. The number of amides is 3. The van der Waals surface area contributed by atoms with E-state index in [1.54, 1.807) is 55.5 Å². The van der Waals surface area contributed by atoms with E-state index in [0.29, 0.717) is 34.9 Å². The van der Waals surface area contributed by atoms with Gasteiger partial charge in [0.15, 0.2) is 0 Å². The lowest BCUT2D eigenvalue weighted by atomic mass is 9.95. The number of benzene rings is 2. The predicted molar refractivity (Wildman–Crippen MR) is 123 cm³/mol. The first-order chi connectivity index (χ1) is 15.9. The molecular formula is C25H27N3O5. The highest BCUT2D eigenvalue weighted by Gasteiger charge is 2.43. The van der Waals surface area contributed by atoms with Crippen molar-refractivity contribution in [1.82, 2.24) is 10.2 Å². The Morgan fingerprint density at radius 2 is 1.79 bits per heavy atom. The van der Waals surface area contributed by atoms with Crippen LogP contribution in [0.5, 0.6) is 5.75 Å². The summed E-state index contributed by atoms with van der Waals surface area (Å²) >= 11 is 0. The molecule has 1 N–H and O–H groups in total. The van der Waals surface area contributed by atoms with Crippen LogP contribution in [-0.2, 0) is 9.53 Å². The number of esters is 1. The maximum atomic E-state index is 13.5. The van der Waals surface area contributed by atoms with Crippen LogP contribution >= 0.6 is 0 Å². The third-order valence-corrected chi connectivity index (χ3v) is 5.96. The molecule has 0 aromatic heterocycles. The molecule has 0 saturated heterocycles. The van der Waals surface area contributed by atoms with Crippen LogP contribution in [0.1, 0.15) is 41.7 Å². The normalized spacial score (nSPS) is 17.7. The molecule has 0 saturated carbocycles. The fourth-order valence-electron chi connectivity index (χ4n) is 3.99. The molecule has 0 spiro atoms. The highest BCUT2D eigenvalue weighted by atomic mass is 16.5. The molecule has 0 radical (unpaired) electrons. The number of ether oxygens (including phenoxy) is 2. The number of nitrogens with zero attached hydrogens (tertiary/aromatic N) is 2. The molecule has 0 fully saturated rings. The molecule has 4 rings (SSSR count). The number of likely N-dealkylation sites (N-methyl/N-ethyl adjacent to an activating group) is 1. The fourth-order valence-corrected chi connectivity index (χ4v) is 3.99. The quantitative estimate of drug-likeness (QED) is 0.515. The van der Waals surface area contributed by atoms with Crippen LogP contribution in [-0.4, -0.2) is 50.1 Å². The maximum absolute atomic E-state index is 13.5. The van der Waals surface area contributed by atoms with Gasteiger partial charge in [0.05, 0.1) is 43.1 Å². The zero-order valence-electron chi connectivity index (χ0n) is 19.0. The van der Waals surface area contributed by atoms with Gasteiger partial charge in [-0.25, -0.2) is 9.59 Å². The maximum Gasteiger partial charge on any atom is 0.338 e. The topological polar surface area (TPSA) is 88.2 Å². The first-order valence-corrected chi connectivity index (χ1v) is 10.9. The van der Waals surface area contributed by atoms with Crippen LogP contribution in [0.3, 0.4) is 0 Å². The highest BCUT2D eigenvalue weighted by molar-refractivity contribution is 6.12. The highest BCUT2D eigenvalue weighted by Crippen LogP contribution is 2.38. The summed E-state index contributed by atoms with van der Waals surface area (Å²) in [6.07, 6.45) is 1.77. The minimum Gasteiger partial charge on any atom is -0.497 e. The smallest absolute Gasteiger partial charge is 0.338 e. The molecule has 2 aromatic carbocycles. The van der Waals surface area contributed by atoms with Crippen molar-refractivity contribution in [3.63, 3.8) is 0 Å². The number of methoxy groups -OCH3 is 1. The van der Waals surface area contributed by atoms with Crippen molar-refractivity contribution < 1.29 is 23.9 Å². The Morgan fingerprint density at radius 1 is 1.09 bits per heavy atom. The molecule has 3 amide bonds. The number of carbonyl (C=O) groups is 3. The third-order valence-electron chi connectivity index (χ3n) is 5.96. The second kappa shape index (κ2) is 9.36. The number of nitrogens with one attached hydrogen (secondary N) is 1. The van der Waals surface area contributed by atoms with E-state index in [9.17, 15) is 14.4 Å². The average Bonchev–Trinajstić information content (AvgIpc) is 3.19. The molecule has 2 heterocycles. The second-order valence-corrected chi connectivity index (χ2v) is 8.00. The minimum atomic E-state index is -0.556. The predicted octanol–water partition coefficient (Wildman–Crippen LogP) is 3.65. The Bertz CT molecular complexity index is 1090. The van der Waals surface area contributed by atoms with Crippen molar-refractivity contribution >= 4 is 23.6 Å². The van der Waals surface area contributed by atoms with Gasteiger partial charge in [-0.1, -0.05) is 25.5 Å². The van der Waals surface area contributed by atoms with Gasteiger partial charge in [0.2, 0.25) is 0 Å². The molecule has 2 aromatic rings. The van der Waals surface area contributed by atoms with E-state index in [1.807, 2.05) is 19.1 Å². The summed E-state index contributed by atoms with van der Waals surface area (Å²) in [7, 11) is 3.24. The number of carbonyl (C=O) groups excluding carboxylic acids is 3. The number of hydrogen-bond donors (Lipinski definition) is 1. The van der Waals surface area contributed by atoms with E-state index in [4.69, 9.17) is 9.47 Å². The molecule has 0 bridgehead atoms. The van der Waals surface area contributed by atoms with Crippen LogP contribution in [0, 0.1) is 0 Å². The largest absolute Gasteiger partial charge is 0.497 e. The minimum absolute atomic E-state index is 0.184. The van der Waals surface area contributed by atoms with Gasteiger partial charge in [-0.05, 0) is 48.4 Å². The van der Waals surface area contributed by atoms with Gasteiger partial charge < -0.3 is 19.7 Å². The van der Waals surface area contributed by atoms with Crippen LogP contribution in [0.2, 0.25) is 0 Å². The fraction of sp³-hybridized carbons (Fsp3) is 0.320. The lowest BCUT2D eigenvalue weighted by Crippen LogP contribution is -2.45. The van der Waals surface area contributed by atoms with Gasteiger partial charge in [-0.2, -0.15) is 0 Å². The molecule has 0 aliphatic carbocycles. The van der Waals surface area contributed by atoms with E-state index in [0.717, 1.165) is 18.4 Å². The van der Waals surface area contributed by atoms with Gasteiger partial charge in [-0.15, -0.1) is 0 Å². The first kappa shape index (κ1) is 22.4. The summed E-state index contributed by atoms with van der Waals surface area (Å²) < 4.78 is 10.5. The molecule has 0 unspecified atom stereocenters. The summed E-state index contributed by atoms with van der Waals surface area (Å²) in [6.45, 7) is 2.69. The number of urea groups is 1. The summed E-state index contributed by atoms with van der Waals surface area (Å²) in [6, 6.07) is 13.2.